The van der Waals surface area contributed by atoms with Gasteiger partial charge in [-0.25, -0.2) is 0 Å². The molecule has 10 bridgehead atoms. The van der Waals surface area contributed by atoms with Crippen LogP contribution in [0.3, 0.4) is 0 Å². The monoisotopic (exact) mass is 1250 g/mol. The third-order valence-electron chi connectivity index (χ3n) is 22.3. The van der Waals surface area contributed by atoms with Gasteiger partial charge in [0.2, 0.25) is 11.6 Å². The van der Waals surface area contributed by atoms with Crippen LogP contribution in [0, 0.1) is 23.7 Å². The molecule has 0 aliphatic carbocycles. The van der Waals surface area contributed by atoms with Gasteiger partial charge in [0, 0.05) is 70.1 Å². The second-order valence-corrected chi connectivity index (χ2v) is 29.1. The van der Waals surface area contributed by atoms with E-state index in [1.807, 2.05) is 0 Å². The smallest absolute Gasteiger partial charge is 0.224 e. The van der Waals surface area contributed by atoms with Crippen molar-refractivity contribution < 1.29 is 96.6 Å². The molecule has 15 saturated heterocycles. The lowest BCUT2D eigenvalue weighted by molar-refractivity contribution is -0.363. The van der Waals surface area contributed by atoms with Crippen molar-refractivity contribution in [2.24, 2.45) is 23.7 Å². The quantitative estimate of drug-likeness (QED) is 0.113. The minimum atomic E-state index is -2.62. The van der Waals surface area contributed by atoms with Gasteiger partial charge in [0.1, 0.15) is 30.2 Å². The highest BCUT2D eigenvalue weighted by molar-refractivity contribution is 14.1. The fourth-order valence-corrected chi connectivity index (χ4v) is 19.3. The molecule has 0 aromatic carbocycles. The third kappa shape index (κ3) is 9.80. The lowest BCUT2D eigenvalue weighted by Crippen LogP contribution is -2.68. The summed E-state index contributed by atoms with van der Waals surface area (Å²) in [7, 11) is 0. The maximum absolute atomic E-state index is 14.7. The molecule has 15 aliphatic rings. The summed E-state index contributed by atoms with van der Waals surface area (Å²) in [5.74, 6) is -6.08. The molecular formula is C60H85IO20. The van der Waals surface area contributed by atoms with Gasteiger partial charge in [-0.05, 0) is 86.7 Å². The SMILES string of the molecule is C=C1C[C@@H]2CC[C@]34OC([C@@H]5O[C@H]6CC[C@H](CC(=O)C[C@@H]7C[C@@H]8OC9C[C@]%10(C[C@@H]%11O[C@@]%12(CC[C@@H]%11O%10)C[C@H](C)[C@@H]%10O[C@@H]%11[C@@H]([C@@H](O)CO)CO[C@@H]%11C[C@@H]%10O%12)O[C@@H]9C[C@@H]8O[C@H]7C[C@H]7O[C@@H](CC[C@@H]1O2)C[C@@H](C)C7=C)O[C@@H]6[C@H](O3)[C@@H]5I)C(O)(O)C4O. The summed E-state index contributed by atoms with van der Waals surface area (Å²) in [6, 6.07) is 0. The second-order valence-electron chi connectivity index (χ2n) is 27.7. The Balaban J connectivity index is 0.645. The Morgan fingerprint density at radius 3 is 2.19 bits per heavy atom. The Labute approximate surface area is 487 Å². The summed E-state index contributed by atoms with van der Waals surface area (Å²) < 4.78 is 95.1. The average Bonchev–Trinajstić information content (AvgIpc) is 3.01. The molecule has 21 heteroatoms. The third-order valence-corrected chi connectivity index (χ3v) is 23.7. The highest BCUT2D eigenvalue weighted by Gasteiger charge is 2.73. The zero-order valence-electron chi connectivity index (χ0n) is 46.7. The number of carbonyl (C=O) groups is 1. The molecule has 15 heterocycles. The molecule has 3 spiro atoms. The van der Waals surface area contributed by atoms with Gasteiger partial charge in [-0.3, -0.25) is 4.79 Å². The van der Waals surface area contributed by atoms with Crippen molar-refractivity contribution in [3.05, 3.63) is 24.3 Å². The Morgan fingerprint density at radius 1 is 0.593 bits per heavy atom. The zero-order valence-corrected chi connectivity index (χ0v) is 48.8. The predicted octanol–water partition coefficient (Wildman–Crippen LogP) is 4.05. The van der Waals surface area contributed by atoms with E-state index in [4.69, 9.17) is 66.3 Å². The number of alkyl halides is 1. The number of Topliss-reactive ketones (excluding diaryl/α,β-unsaturated/α-hetero) is 1. The maximum Gasteiger partial charge on any atom is 0.224 e. The molecule has 15 fully saturated rings. The van der Waals surface area contributed by atoms with Crippen molar-refractivity contribution in [3.63, 3.8) is 0 Å². The Hall–Kier alpha value is -0.880. The average molecular weight is 1250 g/mol. The number of hydrogen-bond donors (Lipinski definition) is 5. The molecule has 0 aromatic rings. The van der Waals surface area contributed by atoms with E-state index in [0.29, 0.717) is 90.1 Å². The maximum atomic E-state index is 14.7. The van der Waals surface area contributed by atoms with Gasteiger partial charge in [0.15, 0.2) is 17.7 Å². The highest BCUT2D eigenvalue weighted by Crippen LogP contribution is 2.57. The van der Waals surface area contributed by atoms with Crippen LogP contribution in [0.1, 0.15) is 136 Å². The first-order chi connectivity index (χ1) is 38.8. The topological polar surface area (TPSA) is 247 Å². The minimum Gasteiger partial charge on any atom is -0.394 e. The first-order valence-electron chi connectivity index (χ1n) is 31.1. The van der Waals surface area contributed by atoms with Crippen LogP contribution in [-0.2, 0) is 71.1 Å². The summed E-state index contributed by atoms with van der Waals surface area (Å²) in [4.78, 5) is 14.7. The van der Waals surface area contributed by atoms with Crippen molar-refractivity contribution in [1.29, 1.82) is 0 Å². The van der Waals surface area contributed by atoms with Crippen LogP contribution in [0.25, 0.3) is 0 Å². The van der Waals surface area contributed by atoms with Gasteiger partial charge in [-0.1, -0.05) is 49.6 Å². The van der Waals surface area contributed by atoms with Crippen LogP contribution in [0.5, 0.6) is 0 Å². The minimum absolute atomic E-state index is 0.0547. The molecule has 15 aliphatic heterocycles. The number of carbonyl (C=O) groups excluding carboxylic acids is 1. The van der Waals surface area contributed by atoms with Crippen molar-refractivity contribution in [3.8, 4) is 0 Å². The molecule has 0 amide bonds. The van der Waals surface area contributed by atoms with Gasteiger partial charge >= 0.3 is 0 Å². The summed E-state index contributed by atoms with van der Waals surface area (Å²) in [6.07, 6.45) is 0.594. The lowest BCUT2D eigenvalue weighted by Gasteiger charge is -2.53. The molecule has 3 unspecified atom stereocenters. The van der Waals surface area contributed by atoms with Crippen LogP contribution in [-0.4, -0.2) is 212 Å². The normalized spacial score (nSPS) is 56.9. The lowest BCUT2D eigenvalue weighted by atomic mass is 9.78. The number of ether oxygens (including phenoxy) is 14. The number of halogens is 1. The standard InChI is InChI=1S/C60H85IO20/c1-26-13-32-5-7-37-27(2)14-34(69-37)9-12-59-56(65)60(66,67)55(81-59)54-49(61)53(80-59)52-39(74-54)8-6-33(71-52)17-31(63)15-30-16-42-43(72-41(30)18-40(70-32)29(26)4)19-44-47(73-42)22-58(77-44)23-48-38(76-58)10-11-57(79-48)21-28(3)50-46(78-57)20-45-51(75-50)35(25-68-45)36(64)24-62/h26,28,30,32-56,62,64-67H,2,4-25H2,1,3H3/t26-,28+,30-,32+,33-,34+,35-,36+,37+,38+,39+,40-,41+,42+,43+,44-,45-,46+,47?,48+,49+,50+,51-,52+,53-,54-,55?,56?,57+,58-,59-/m1/s1. The van der Waals surface area contributed by atoms with Gasteiger partial charge in [-0.2, -0.15) is 0 Å². The molecule has 452 valence electrons. The van der Waals surface area contributed by atoms with E-state index < -0.39 is 75.9 Å². The van der Waals surface area contributed by atoms with E-state index in [9.17, 15) is 30.3 Å². The molecule has 0 saturated carbocycles. The van der Waals surface area contributed by atoms with Gasteiger partial charge in [-0.15, -0.1) is 0 Å². The van der Waals surface area contributed by atoms with Crippen molar-refractivity contribution >= 4 is 28.4 Å². The molecule has 20 nitrogen and oxygen atoms in total. The van der Waals surface area contributed by atoms with Gasteiger partial charge in [0.25, 0.3) is 0 Å². The molecule has 31 atom stereocenters. The number of rotatable bonds is 2. The molecule has 15 rings (SSSR count). The van der Waals surface area contributed by atoms with E-state index in [-0.39, 0.29) is 147 Å². The molecular weight excluding hydrogens is 1170 g/mol. The summed E-state index contributed by atoms with van der Waals surface area (Å²) in [5.41, 5.74) is 2.03. The van der Waals surface area contributed by atoms with Crippen LogP contribution < -0.4 is 0 Å². The molecule has 81 heavy (non-hydrogen) atoms. The van der Waals surface area contributed by atoms with Gasteiger partial charge in [0.05, 0.1) is 127 Å². The summed E-state index contributed by atoms with van der Waals surface area (Å²) in [5, 5.41) is 54.9. The van der Waals surface area contributed by atoms with Crippen LogP contribution in [0.15, 0.2) is 24.3 Å². The summed E-state index contributed by atoms with van der Waals surface area (Å²) in [6.45, 7) is 13.5. The highest BCUT2D eigenvalue weighted by atomic mass is 127. The number of aliphatic hydroxyl groups excluding tert-OH is 3. The fraction of sp³-hybridized carbons (Fsp3) is 0.917. The number of ketones is 1. The summed E-state index contributed by atoms with van der Waals surface area (Å²) >= 11 is 2.24. The Bertz CT molecular complexity index is 2420. The predicted molar refractivity (Wildman–Crippen MR) is 288 cm³/mol. The number of fused-ring (bicyclic) bond motifs is 14. The van der Waals surface area contributed by atoms with Crippen LogP contribution in [0.4, 0.5) is 0 Å². The van der Waals surface area contributed by atoms with Crippen molar-refractivity contribution in [1.82, 2.24) is 0 Å². The van der Waals surface area contributed by atoms with E-state index in [0.717, 1.165) is 30.4 Å². The number of aliphatic hydroxyl groups is 5. The first kappa shape index (κ1) is 56.6. The Kier molecular flexibility index (Phi) is 14.8. The van der Waals surface area contributed by atoms with Crippen molar-refractivity contribution in [2.45, 2.75) is 303 Å². The first-order valence-corrected chi connectivity index (χ1v) is 32.3. The van der Waals surface area contributed by atoms with E-state index in [1.165, 1.54) is 0 Å². The molecule has 5 N–H and O–H groups in total. The number of hydrogen-bond acceptors (Lipinski definition) is 20. The molecule has 0 radical (unpaired) electrons. The zero-order chi connectivity index (χ0) is 55.6. The molecule has 0 aromatic heterocycles. The largest absolute Gasteiger partial charge is 0.394 e. The Morgan fingerprint density at radius 2 is 1.33 bits per heavy atom. The second kappa shape index (κ2) is 21.1. The van der Waals surface area contributed by atoms with Crippen molar-refractivity contribution in [2.75, 3.05) is 13.2 Å². The van der Waals surface area contributed by atoms with Gasteiger partial charge < -0.3 is 91.8 Å². The van der Waals surface area contributed by atoms with E-state index in [1.54, 1.807) is 0 Å². The van der Waals surface area contributed by atoms with Crippen LogP contribution in [0.2, 0.25) is 0 Å². The van der Waals surface area contributed by atoms with E-state index >= 15 is 0 Å². The van der Waals surface area contributed by atoms with E-state index in [2.05, 4.69) is 49.6 Å². The van der Waals surface area contributed by atoms with Crippen LogP contribution >= 0.6 is 22.6 Å². The fourth-order valence-electron chi connectivity index (χ4n) is 18.2.